The second kappa shape index (κ2) is 8.33. The smallest absolute Gasteiger partial charge is 0.289 e. The molecular weight excluding hydrogens is 408 g/mol. The van der Waals surface area contributed by atoms with Crippen molar-refractivity contribution >= 4 is 11.8 Å². The van der Waals surface area contributed by atoms with Gasteiger partial charge in [-0.15, -0.1) is 10.2 Å². The van der Waals surface area contributed by atoms with E-state index in [9.17, 15) is 9.59 Å². The molecule has 1 atom stereocenters. The van der Waals surface area contributed by atoms with E-state index in [4.69, 9.17) is 4.52 Å². The first-order valence-corrected chi connectivity index (χ1v) is 11.9. The van der Waals surface area contributed by atoms with Crippen molar-refractivity contribution in [3.05, 3.63) is 28.7 Å². The maximum Gasteiger partial charge on any atom is 0.289 e. The molecule has 2 aromatic rings. The molecule has 2 fully saturated rings. The van der Waals surface area contributed by atoms with Gasteiger partial charge in [0.15, 0.2) is 0 Å². The molecular formula is C23H32N6O3. The van der Waals surface area contributed by atoms with Gasteiger partial charge in [0.2, 0.25) is 5.82 Å². The summed E-state index contributed by atoms with van der Waals surface area (Å²) in [6, 6.07) is 0.250. The van der Waals surface area contributed by atoms with Gasteiger partial charge in [0.05, 0.1) is 5.69 Å². The van der Waals surface area contributed by atoms with E-state index in [1.165, 1.54) is 19.3 Å². The number of amides is 2. The van der Waals surface area contributed by atoms with E-state index in [0.29, 0.717) is 29.4 Å². The lowest BCUT2D eigenvalue weighted by Gasteiger charge is -2.27. The lowest BCUT2D eigenvalue weighted by Crippen LogP contribution is -2.37. The first-order valence-electron chi connectivity index (χ1n) is 11.9. The van der Waals surface area contributed by atoms with Crippen LogP contribution in [0, 0.1) is 19.3 Å². The summed E-state index contributed by atoms with van der Waals surface area (Å²) in [4.78, 5) is 28.0. The zero-order valence-corrected chi connectivity index (χ0v) is 19.0. The van der Waals surface area contributed by atoms with Gasteiger partial charge in [-0.1, -0.05) is 24.4 Å². The lowest BCUT2D eigenvalue weighted by atomic mass is 9.80. The Morgan fingerprint density at radius 2 is 1.84 bits per heavy atom. The Labute approximate surface area is 187 Å². The molecule has 0 radical (unpaired) electrons. The van der Waals surface area contributed by atoms with E-state index in [-0.39, 0.29) is 23.3 Å². The molecule has 172 valence electrons. The highest BCUT2D eigenvalue weighted by Gasteiger charge is 2.42. The third-order valence-corrected chi connectivity index (χ3v) is 7.69. The number of nitrogens with one attached hydrogen (secondary N) is 1. The number of hydrogen-bond donors (Lipinski definition) is 1. The highest BCUT2D eigenvalue weighted by atomic mass is 16.5. The largest absolute Gasteiger partial charge is 0.361 e. The van der Waals surface area contributed by atoms with E-state index in [0.717, 1.165) is 57.4 Å². The van der Waals surface area contributed by atoms with E-state index < -0.39 is 0 Å². The zero-order chi connectivity index (χ0) is 22.3. The van der Waals surface area contributed by atoms with Gasteiger partial charge in [0.25, 0.3) is 11.8 Å². The van der Waals surface area contributed by atoms with Gasteiger partial charge in [-0.25, -0.2) is 0 Å². The molecule has 1 spiro atoms. The molecule has 1 saturated carbocycles. The van der Waals surface area contributed by atoms with Crippen LogP contribution in [0.1, 0.15) is 89.6 Å². The van der Waals surface area contributed by atoms with Crippen molar-refractivity contribution in [2.24, 2.45) is 5.41 Å². The second-order valence-corrected chi connectivity index (χ2v) is 9.83. The molecule has 2 aliphatic heterocycles. The van der Waals surface area contributed by atoms with Gasteiger partial charge >= 0.3 is 0 Å². The fourth-order valence-corrected chi connectivity index (χ4v) is 5.73. The molecule has 3 aliphatic rings. The average Bonchev–Trinajstić information content (AvgIpc) is 3.45. The van der Waals surface area contributed by atoms with Gasteiger partial charge in [0, 0.05) is 32.1 Å². The number of rotatable bonds is 3. The van der Waals surface area contributed by atoms with Crippen LogP contribution in [0.3, 0.4) is 0 Å². The Morgan fingerprint density at radius 3 is 2.59 bits per heavy atom. The van der Waals surface area contributed by atoms with Gasteiger partial charge in [-0.05, 0) is 51.4 Å². The minimum atomic E-state index is -0.103. The first-order chi connectivity index (χ1) is 15.5. The predicted octanol–water partition coefficient (Wildman–Crippen LogP) is 2.81. The molecule has 0 unspecified atom stereocenters. The molecule has 0 aromatic carbocycles. The van der Waals surface area contributed by atoms with E-state index >= 15 is 0 Å². The molecule has 9 nitrogen and oxygen atoms in total. The number of carbonyl (C=O) groups is 2. The van der Waals surface area contributed by atoms with E-state index in [1.807, 2.05) is 16.4 Å². The Balaban J connectivity index is 1.26. The topological polar surface area (TPSA) is 106 Å². The van der Waals surface area contributed by atoms with Crippen molar-refractivity contribution in [3.8, 4) is 0 Å². The Kier molecular flexibility index (Phi) is 5.51. The summed E-state index contributed by atoms with van der Waals surface area (Å²) in [5.41, 5.74) is 1.29. The SMILES string of the molecule is Cc1noc(C)c1C(=O)N1CC[C@]2(CCc3nnc(C(=O)NC4CCCCC4)n3CC2)C1. The van der Waals surface area contributed by atoms with Crippen LogP contribution in [0.15, 0.2) is 4.52 Å². The van der Waals surface area contributed by atoms with Crippen LogP contribution in [0.2, 0.25) is 0 Å². The number of aryl methyl sites for hydroxylation is 3. The van der Waals surface area contributed by atoms with Gasteiger partial charge in [-0.2, -0.15) is 0 Å². The van der Waals surface area contributed by atoms with Crippen LogP contribution < -0.4 is 5.32 Å². The fraction of sp³-hybridized carbons (Fsp3) is 0.696. The van der Waals surface area contributed by atoms with Crippen molar-refractivity contribution in [1.29, 1.82) is 0 Å². The molecule has 0 bridgehead atoms. The summed E-state index contributed by atoms with van der Waals surface area (Å²) in [6.07, 6.45) is 9.29. The maximum absolute atomic E-state index is 13.1. The monoisotopic (exact) mass is 440 g/mol. The molecule has 2 amide bonds. The minimum absolute atomic E-state index is 0.00863. The van der Waals surface area contributed by atoms with Crippen molar-refractivity contribution < 1.29 is 14.1 Å². The summed E-state index contributed by atoms with van der Waals surface area (Å²) < 4.78 is 7.21. The van der Waals surface area contributed by atoms with Crippen LogP contribution in [0.25, 0.3) is 0 Å². The summed E-state index contributed by atoms with van der Waals surface area (Å²) >= 11 is 0. The molecule has 9 heteroatoms. The molecule has 1 saturated heterocycles. The number of hydrogen-bond acceptors (Lipinski definition) is 6. The minimum Gasteiger partial charge on any atom is -0.361 e. The van der Waals surface area contributed by atoms with Crippen LogP contribution in [-0.4, -0.2) is 55.8 Å². The standard InChI is InChI=1S/C23H32N6O3/c1-15-19(16(2)32-27-15)22(31)28-12-10-23(14-28)9-8-18-25-26-20(29(18)13-11-23)21(30)24-17-6-4-3-5-7-17/h17H,3-14H2,1-2H3,(H,24,30)/t23-/m0/s1. The average molecular weight is 441 g/mol. The van der Waals surface area contributed by atoms with Crippen molar-refractivity contribution in [3.63, 3.8) is 0 Å². The number of nitrogens with zero attached hydrogens (tertiary/aromatic N) is 5. The van der Waals surface area contributed by atoms with Gasteiger partial charge in [-0.3, -0.25) is 9.59 Å². The summed E-state index contributed by atoms with van der Waals surface area (Å²) in [7, 11) is 0. The summed E-state index contributed by atoms with van der Waals surface area (Å²) in [5, 5.41) is 15.7. The third-order valence-electron chi connectivity index (χ3n) is 7.69. The molecule has 32 heavy (non-hydrogen) atoms. The van der Waals surface area contributed by atoms with Gasteiger partial charge in [0.1, 0.15) is 17.1 Å². The van der Waals surface area contributed by atoms with E-state index in [1.54, 1.807) is 6.92 Å². The van der Waals surface area contributed by atoms with Crippen molar-refractivity contribution in [1.82, 2.24) is 30.1 Å². The number of fused-ring (bicyclic) bond motifs is 1. The molecule has 1 N–H and O–H groups in total. The number of aromatic nitrogens is 4. The zero-order valence-electron chi connectivity index (χ0n) is 19.0. The van der Waals surface area contributed by atoms with Crippen LogP contribution >= 0.6 is 0 Å². The normalized spacial score (nSPS) is 23.9. The molecule has 1 aliphatic carbocycles. The third kappa shape index (κ3) is 3.82. The highest BCUT2D eigenvalue weighted by Crippen LogP contribution is 2.41. The first kappa shape index (κ1) is 21.2. The van der Waals surface area contributed by atoms with Crippen LogP contribution in [0.5, 0.6) is 0 Å². The van der Waals surface area contributed by atoms with Gasteiger partial charge < -0.3 is 19.3 Å². The number of carbonyl (C=O) groups excluding carboxylic acids is 2. The molecule has 5 rings (SSSR count). The van der Waals surface area contributed by atoms with Crippen LogP contribution in [-0.2, 0) is 13.0 Å². The maximum atomic E-state index is 13.1. The molecule has 4 heterocycles. The number of likely N-dealkylation sites (tertiary alicyclic amines) is 1. The lowest BCUT2D eigenvalue weighted by molar-refractivity contribution is 0.0764. The summed E-state index contributed by atoms with van der Waals surface area (Å²) in [5.74, 6) is 1.80. The van der Waals surface area contributed by atoms with Crippen LogP contribution in [0.4, 0.5) is 0 Å². The van der Waals surface area contributed by atoms with Crippen molar-refractivity contribution in [2.75, 3.05) is 13.1 Å². The Hall–Kier alpha value is -2.71. The highest BCUT2D eigenvalue weighted by molar-refractivity contribution is 5.96. The molecule has 2 aromatic heterocycles. The van der Waals surface area contributed by atoms with Crippen molar-refractivity contribution in [2.45, 2.75) is 84.2 Å². The Morgan fingerprint density at radius 1 is 1.06 bits per heavy atom. The Bertz CT molecular complexity index is 1000. The van der Waals surface area contributed by atoms with E-state index in [2.05, 4.69) is 20.7 Å². The summed E-state index contributed by atoms with van der Waals surface area (Å²) in [6.45, 7) is 5.77. The fourth-order valence-electron chi connectivity index (χ4n) is 5.73. The second-order valence-electron chi connectivity index (χ2n) is 9.83. The quantitative estimate of drug-likeness (QED) is 0.787. The predicted molar refractivity (Wildman–Crippen MR) is 116 cm³/mol.